The average Bonchev–Trinajstić information content (AvgIpc) is 2.50. The highest BCUT2D eigenvalue weighted by molar-refractivity contribution is 7.89. The Hall–Kier alpha value is -1.81. The number of ether oxygens (including phenoxy) is 1. The molecule has 0 aliphatic carbocycles. The van der Waals surface area contributed by atoms with E-state index in [-0.39, 0.29) is 5.75 Å². The van der Waals surface area contributed by atoms with Gasteiger partial charge in [0.2, 0.25) is 10.0 Å². The highest BCUT2D eigenvalue weighted by Gasteiger charge is 2.34. The number of benzene rings is 1. The minimum absolute atomic E-state index is 0.305. The van der Waals surface area contributed by atoms with Crippen LogP contribution in [0.5, 0.6) is 5.75 Å². The minimum atomic E-state index is -4.78. The molecule has 0 unspecified atom stereocenters. The van der Waals surface area contributed by atoms with Crippen molar-refractivity contribution in [1.82, 2.24) is 4.72 Å². The van der Waals surface area contributed by atoms with Crippen LogP contribution in [0.15, 0.2) is 23.1 Å². The number of carboxylic acid groups (broad SMARTS) is 1. The Morgan fingerprint density at radius 1 is 1.33 bits per heavy atom. The third kappa shape index (κ3) is 4.84. The summed E-state index contributed by atoms with van der Waals surface area (Å²) in [6.07, 6.45) is -4.41. The van der Waals surface area contributed by atoms with Gasteiger partial charge in [-0.25, -0.2) is 8.42 Å². The third-order valence-electron chi connectivity index (χ3n) is 3.51. The van der Waals surface area contributed by atoms with Gasteiger partial charge in [0.15, 0.2) is 0 Å². The molecule has 10 heteroatoms. The molecule has 136 valence electrons. The lowest BCUT2D eigenvalue weighted by molar-refractivity contribution is -0.140. The number of nitrogens with one attached hydrogen (secondary N) is 1. The zero-order chi connectivity index (χ0) is 18.7. The first-order valence-corrected chi connectivity index (χ1v) is 8.42. The van der Waals surface area contributed by atoms with E-state index in [0.717, 1.165) is 13.2 Å². The van der Waals surface area contributed by atoms with Crippen LogP contribution in [0, 0.1) is 5.92 Å². The lowest BCUT2D eigenvalue weighted by atomic mass is 10.0. The third-order valence-corrected chi connectivity index (χ3v) is 4.94. The number of hydrogen-bond acceptors (Lipinski definition) is 4. The normalized spacial score (nSPS) is 14.9. The number of halogens is 3. The number of sulfonamides is 1. The van der Waals surface area contributed by atoms with Crippen molar-refractivity contribution in [1.29, 1.82) is 0 Å². The van der Waals surface area contributed by atoms with Crippen molar-refractivity contribution in [2.45, 2.75) is 37.4 Å². The van der Waals surface area contributed by atoms with Gasteiger partial charge in [-0.2, -0.15) is 17.9 Å². The van der Waals surface area contributed by atoms with Gasteiger partial charge >= 0.3 is 12.1 Å². The number of alkyl halides is 3. The molecule has 0 aromatic heterocycles. The molecule has 0 heterocycles. The van der Waals surface area contributed by atoms with Crippen molar-refractivity contribution in [3.05, 3.63) is 23.8 Å². The predicted octanol–water partition coefficient (Wildman–Crippen LogP) is 2.49. The van der Waals surface area contributed by atoms with Gasteiger partial charge in [0.1, 0.15) is 11.8 Å². The summed E-state index contributed by atoms with van der Waals surface area (Å²) in [5.41, 5.74) is -1.21. The highest BCUT2D eigenvalue weighted by Crippen LogP contribution is 2.33. The van der Waals surface area contributed by atoms with Gasteiger partial charge in [0.25, 0.3) is 0 Å². The summed E-state index contributed by atoms with van der Waals surface area (Å²) in [6.45, 7) is 3.19. The number of aliphatic carboxylic acids is 1. The van der Waals surface area contributed by atoms with Gasteiger partial charge in [-0.1, -0.05) is 20.3 Å². The van der Waals surface area contributed by atoms with Crippen molar-refractivity contribution in [2.24, 2.45) is 5.92 Å². The Balaban J connectivity index is 3.34. The van der Waals surface area contributed by atoms with Gasteiger partial charge in [-0.15, -0.1) is 0 Å². The molecule has 0 spiro atoms. The summed E-state index contributed by atoms with van der Waals surface area (Å²) >= 11 is 0. The van der Waals surface area contributed by atoms with Crippen LogP contribution < -0.4 is 9.46 Å². The molecule has 0 saturated carbocycles. The molecular formula is C14H18F3NO5S. The van der Waals surface area contributed by atoms with Crippen LogP contribution in [-0.4, -0.2) is 32.6 Å². The highest BCUT2D eigenvalue weighted by atomic mass is 32.2. The van der Waals surface area contributed by atoms with Crippen molar-refractivity contribution in [2.75, 3.05) is 7.11 Å². The molecule has 2 atom stereocenters. The Labute approximate surface area is 137 Å². The fourth-order valence-electron chi connectivity index (χ4n) is 1.89. The summed E-state index contributed by atoms with van der Waals surface area (Å²) in [4.78, 5) is 10.5. The Bertz CT molecular complexity index is 703. The molecule has 6 nitrogen and oxygen atoms in total. The summed E-state index contributed by atoms with van der Waals surface area (Å²) in [5, 5.41) is 9.14. The van der Waals surface area contributed by atoms with E-state index in [4.69, 9.17) is 9.84 Å². The van der Waals surface area contributed by atoms with Crippen LogP contribution >= 0.6 is 0 Å². The van der Waals surface area contributed by atoms with E-state index in [2.05, 4.69) is 0 Å². The van der Waals surface area contributed by atoms with E-state index in [1.807, 2.05) is 4.72 Å². The Morgan fingerprint density at radius 3 is 2.33 bits per heavy atom. The summed E-state index contributed by atoms with van der Waals surface area (Å²) in [7, 11) is -3.39. The lowest BCUT2D eigenvalue weighted by Gasteiger charge is -2.20. The molecular weight excluding hydrogens is 351 g/mol. The Morgan fingerprint density at radius 2 is 1.92 bits per heavy atom. The van der Waals surface area contributed by atoms with Crippen molar-refractivity contribution < 1.29 is 36.2 Å². The number of methoxy groups -OCH3 is 1. The lowest BCUT2D eigenvalue weighted by Crippen LogP contribution is -2.44. The summed E-state index contributed by atoms with van der Waals surface area (Å²) in [6, 6.07) is 0.524. The van der Waals surface area contributed by atoms with Gasteiger partial charge in [0.05, 0.1) is 17.6 Å². The fraction of sp³-hybridized carbons (Fsp3) is 0.500. The molecule has 0 aliphatic heterocycles. The van der Waals surface area contributed by atoms with Crippen LogP contribution in [0.2, 0.25) is 0 Å². The molecule has 0 radical (unpaired) electrons. The SMILES string of the molecule is CC[C@H](C)[C@H](NS(=O)(=O)c1cc(OC)cc(C(F)(F)F)c1)C(=O)O. The van der Waals surface area contributed by atoms with Crippen molar-refractivity contribution in [3.63, 3.8) is 0 Å². The van der Waals surface area contributed by atoms with E-state index < -0.39 is 44.6 Å². The first-order valence-electron chi connectivity index (χ1n) is 6.93. The van der Waals surface area contributed by atoms with Crippen LogP contribution in [0.1, 0.15) is 25.8 Å². The number of carboxylic acids is 1. The smallest absolute Gasteiger partial charge is 0.416 e. The molecule has 1 aromatic carbocycles. The second kappa shape index (κ2) is 7.39. The maximum absolute atomic E-state index is 12.9. The molecule has 2 N–H and O–H groups in total. The largest absolute Gasteiger partial charge is 0.497 e. The van der Waals surface area contributed by atoms with Crippen molar-refractivity contribution in [3.8, 4) is 5.75 Å². The molecule has 24 heavy (non-hydrogen) atoms. The second-order valence-corrected chi connectivity index (χ2v) is 6.93. The first-order chi connectivity index (χ1) is 10.9. The number of rotatable bonds is 7. The average molecular weight is 369 g/mol. The van der Waals surface area contributed by atoms with E-state index in [0.29, 0.717) is 18.6 Å². The minimum Gasteiger partial charge on any atom is -0.497 e. The molecule has 0 amide bonds. The fourth-order valence-corrected chi connectivity index (χ4v) is 3.25. The monoisotopic (exact) mass is 369 g/mol. The predicted molar refractivity (Wildman–Crippen MR) is 79.2 cm³/mol. The summed E-state index contributed by atoms with van der Waals surface area (Å²) in [5.74, 6) is -2.27. The van der Waals surface area contributed by atoms with E-state index in [1.54, 1.807) is 6.92 Å². The van der Waals surface area contributed by atoms with E-state index >= 15 is 0 Å². The van der Waals surface area contributed by atoms with Gasteiger partial charge in [-0.05, 0) is 18.1 Å². The molecule has 0 fully saturated rings. The maximum atomic E-state index is 12.9. The zero-order valence-corrected chi connectivity index (χ0v) is 14.0. The maximum Gasteiger partial charge on any atom is 0.416 e. The molecule has 0 aliphatic rings. The van der Waals surface area contributed by atoms with Gasteiger partial charge < -0.3 is 9.84 Å². The number of hydrogen-bond donors (Lipinski definition) is 2. The molecule has 1 rings (SSSR count). The Kier molecular flexibility index (Phi) is 6.23. The van der Waals surface area contributed by atoms with Crippen LogP contribution in [0.25, 0.3) is 0 Å². The molecule has 0 bridgehead atoms. The quantitative estimate of drug-likeness (QED) is 0.770. The van der Waals surface area contributed by atoms with E-state index in [9.17, 15) is 26.4 Å². The van der Waals surface area contributed by atoms with E-state index in [1.165, 1.54) is 6.92 Å². The zero-order valence-electron chi connectivity index (χ0n) is 13.2. The first kappa shape index (κ1) is 20.2. The van der Waals surface area contributed by atoms with Gasteiger partial charge in [-0.3, -0.25) is 4.79 Å². The van der Waals surface area contributed by atoms with Crippen LogP contribution in [0.3, 0.4) is 0 Å². The molecule has 1 aromatic rings. The summed E-state index contributed by atoms with van der Waals surface area (Å²) < 4.78 is 69.9. The van der Waals surface area contributed by atoms with Gasteiger partial charge in [0, 0.05) is 6.07 Å². The standard InChI is InChI=1S/C14H18F3NO5S/c1-4-8(2)12(13(19)20)18-24(21,22)11-6-9(14(15,16)17)5-10(7-11)23-3/h5-8,12,18H,4H2,1-3H3,(H,19,20)/t8-,12-/m0/s1. The second-order valence-electron chi connectivity index (χ2n) is 5.22. The van der Waals surface area contributed by atoms with Crippen molar-refractivity contribution >= 4 is 16.0 Å². The number of carbonyl (C=O) groups is 1. The molecule has 0 saturated heterocycles. The topological polar surface area (TPSA) is 92.7 Å². The van der Waals surface area contributed by atoms with Crippen LogP contribution in [-0.2, 0) is 21.0 Å². The van der Waals surface area contributed by atoms with Crippen LogP contribution in [0.4, 0.5) is 13.2 Å².